The average Bonchev–Trinajstić information content (AvgIpc) is 2.20. The molecular weight excluding hydrogens is 264 g/mol. The number of halogens is 3. The molecule has 0 heterocycles. The lowest BCUT2D eigenvalue weighted by atomic mass is 9.95. The first-order chi connectivity index (χ1) is 7.41. The summed E-state index contributed by atoms with van der Waals surface area (Å²) in [5.41, 5.74) is 6.41. The summed E-state index contributed by atoms with van der Waals surface area (Å²) < 4.78 is 13.2. The van der Waals surface area contributed by atoms with Crippen molar-refractivity contribution in [1.82, 2.24) is 0 Å². The Hall–Kier alpha value is -0.350. The SMILES string of the molecule is CC(C)C[C@H](O)[C@H](N)c1ccc(Cl)c(F)c1.Cl. The van der Waals surface area contributed by atoms with E-state index < -0.39 is 18.0 Å². The molecule has 0 unspecified atom stereocenters. The van der Waals surface area contributed by atoms with Crippen molar-refractivity contribution in [2.75, 3.05) is 0 Å². The molecule has 0 radical (unpaired) electrons. The maximum Gasteiger partial charge on any atom is 0.142 e. The van der Waals surface area contributed by atoms with E-state index in [9.17, 15) is 9.50 Å². The minimum absolute atomic E-state index is 0. The van der Waals surface area contributed by atoms with E-state index in [1.807, 2.05) is 13.8 Å². The fourth-order valence-electron chi connectivity index (χ4n) is 1.57. The summed E-state index contributed by atoms with van der Waals surface area (Å²) in [6.45, 7) is 4.00. The summed E-state index contributed by atoms with van der Waals surface area (Å²) in [5.74, 6) is -0.162. The molecule has 2 atom stereocenters. The van der Waals surface area contributed by atoms with Gasteiger partial charge in [0, 0.05) is 0 Å². The highest BCUT2D eigenvalue weighted by molar-refractivity contribution is 6.30. The van der Waals surface area contributed by atoms with Crippen LogP contribution in [0.3, 0.4) is 0 Å². The van der Waals surface area contributed by atoms with Crippen LogP contribution >= 0.6 is 24.0 Å². The van der Waals surface area contributed by atoms with E-state index >= 15 is 0 Å². The second kappa shape index (κ2) is 7.17. The van der Waals surface area contributed by atoms with Gasteiger partial charge >= 0.3 is 0 Å². The third kappa shape index (κ3) is 4.80. The lowest BCUT2D eigenvalue weighted by Crippen LogP contribution is -2.27. The van der Waals surface area contributed by atoms with Crippen LogP contribution in [0, 0.1) is 11.7 Å². The second-order valence-corrected chi connectivity index (χ2v) is 4.80. The molecule has 0 aliphatic heterocycles. The van der Waals surface area contributed by atoms with E-state index in [4.69, 9.17) is 17.3 Å². The summed E-state index contributed by atoms with van der Waals surface area (Å²) in [5, 5.41) is 9.89. The van der Waals surface area contributed by atoms with Crippen LogP contribution in [-0.4, -0.2) is 11.2 Å². The molecule has 0 amide bonds. The van der Waals surface area contributed by atoms with E-state index in [-0.39, 0.29) is 17.4 Å². The van der Waals surface area contributed by atoms with Crippen molar-refractivity contribution in [3.63, 3.8) is 0 Å². The molecule has 0 spiro atoms. The number of rotatable bonds is 4. The van der Waals surface area contributed by atoms with Gasteiger partial charge in [-0.25, -0.2) is 4.39 Å². The fraction of sp³-hybridized carbons (Fsp3) is 0.500. The Morgan fingerprint density at radius 2 is 2.00 bits per heavy atom. The van der Waals surface area contributed by atoms with Crippen LogP contribution in [0.2, 0.25) is 5.02 Å². The molecular formula is C12H18Cl2FNO. The Balaban J connectivity index is 0.00000256. The van der Waals surface area contributed by atoms with E-state index in [0.29, 0.717) is 17.9 Å². The van der Waals surface area contributed by atoms with Gasteiger partial charge < -0.3 is 10.8 Å². The Morgan fingerprint density at radius 1 is 1.41 bits per heavy atom. The third-order valence-corrected chi connectivity index (χ3v) is 2.76. The van der Waals surface area contributed by atoms with Gasteiger partial charge in [0.2, 0.25) is 0 Å². The summed E-state index contributed by atoms with van der Waals surface area (Å²) in [4.78, 5) is 0. The monoisotopic (exact) mass is 281 g/mol. The highest BCUT2D eigenvalue weighted by Gasteiger charge is 2.18. The largest absolute Gasteiger partial charge is 0.391 e. The molecule has 17 heavy (non-hydrogen) atoms. The molecule has 1 aromatic carbocycles. The molecule has 0 saturated heterocycles. The van der Waals surface area contributed by atoms with Crippen molar-refractivity contribution in [3.8, 4) is 0 Å². The summed E-state index contributed by atoms with van der Waals surface area (Å²) in [7, 11) is 0. The van der Waals surface area contributed by atoms with Crippen LogP contribution < -0.4 is 5.73 Å². The zero-order valence-corrected chi connectivity index (χ0v) is 11.4. The van der Waals surface area contributed by atoms with Gasteiger partial charge in [-0.15, -0.1) is 12.4 Å². The lowest BCUT2D eigenvalue weighted by Gasteiger charge is -2.21. The molecule has 0 aliphatic rings. The van der Waals surface area contributed by atoms with Gasteiger partial charge in [0.25, 0.3) is 0 Å². The Labute approximate surface area is 112 Å². The van der Waals surface area contributed by atoms with Gasteiger partial charge in [-0.3, -0.25) is 0 Å². The minimum Gasteiger partial charge on any atom is -0.391 e. The number of nitrogens with two attached hydrogens (primary N) is 1. The molecule has 0 saturated carbocycles. The normalized spacial score (nSPS) is 14.3. The molecule has 3 N–H and O–H groups in total. The van der Waals surface area contributed by atoms with Crippen molar-refractivity contribution >= 4 is 24.0 Å². The zero-order valence-electron chi connectivity index (χ0n) is 9.86. The second-order valence-electron chi connectivity index (χ2n) is 4.40. The minimum atomic E-state index is -0.666. The van der Waals surface area contributed by atoms with Crippen molar-refractivity contribution in [3.05, 3.63) is 34.6 Å². The molecule has 0 aromatic heterocycles. The van der Waals surface area contributed by atoms with Gasteiger partial charge in [-0.1, -0.05) is 31.5 Å². The standard InChI is InChI=1S/C12H17ClFNO.ClH/c1-7(2)5-11(16)12(15)8-3-4-9(13)10(14)6-8;/h3-4,6-7,11-12,16H,5,15H2,1-2H3;1H/t11-,12+;/m0./s1. The first kappa shape index (κ1) is 16.6. The van der Waals surface area contributed by atoms with Crippen molar-refractivity contribution < 1.29 is 9.50 Å². The van der Waals surface area contributed by atoms with Crippen LogP contribution in [-0.2, 0) is 0 Å². The predicted octanol–water partition coefficient (Wildman–Crippen LogP) is 3.31. The quantitative estimate of drug-likeness (QED) is 0.890. The molecule has 0 aliphatic carbocycles. The Bertz CT molecular complexity index is 360. The van der Waals surface area contributed by atoms with Gasteiger partial charge in [0.05, 0.1) is 17.2 Å². The molecule has 1 aromatic rings. The molecule has 98 valence electrons. The average molecular weight is 282 g/mol. The van der Waals surface area contributed by atoms with Gasteiger partial charge in [0.1, 0.15) is 5.82 Å². The van der Waals surface area contributed by atoms with Crippen LogP contribution in [0.15, 0.2) is 18.2 Å². The van der Waals surface area contributed by atoms with Crippen LogP contribution in [0.25, 0.3) is 0 Å². The fourth-order valence-corrected chi connectivity index (χ4v) is 1.69. The lowest BCUT2D eigenvalue weighted by molar-refractivity contribution is 0.121. The predicted molar refractivity (Wildman–Crippen MR) is 71.0 cm³/mol. The third-order valence-electron chi connectivity index (χ3n) is 2.46. The maximum atomic E-state index is 13.2. The van der Waals surface area contributed by atoms with Crippen LogP contribution in [0.5, 0.6) is 0 Å². The maximum absolute atomic E-state index is 13.2. The van der Waals surface area contributed by atoms with Crippen LogP contribution in [0.4, 0.5) is 4.39 Å². The highest BCUT2D eigenvalue weighted by Crippen LogP contribution is 2.23. The van der Waals surface area contributed by atoms with Gasteiger partial charge in [-0.05, 0) is 30.0 Å². The summed E-state index contributed by atoms with van der Waals surface area (Å²) >= 11 is 5.57. The van der Waals surface area contributed by atoms with Gasteiger partial charge in [-0.2, -0.15) is 0 Å². The number of aliphatic hydroxyl groups is 1. The molecule has 1 rings (SSSR count). The van der Waals surface area contributed by atoms with Crippen LogP contribution in [0.1, 0.15) is 31.9 Å². The molecule has 0 bridgehead atoms. The molecule has 0 fully saturated rings. The van der Waals surface area contributed by atoms with E-state index in [1.165, 1.54) is 12.1 Å². The Kier molecular flexibility index (Phi) is 7.02. The number of aliphatic hydroxyl groups excluding tert-OH is 1. The summed E-state index contributed by atoms with van der Waals surface area (Å²) in [6, 6.07) is 3.79. The smallest absolute Gasteiger partial charge is 0.142 e. The number of benzene rings is 1. The van der Waals surface area contributed by atoms with Crippen molar-refractivity contribution in [2.45, 2.75) is 32.4 Å². The number of hydrogen-bond donors (Lipinski definition) is 2. The van der Waals surface area contributed by atoms with Crippen molar-refractivity contribution in [2.24, 2.45) is 11.7 Å². The first-order valence-corrected chi connectivity index (χ1v) is 5.68. The van der Waals surface area contributed by atoms with E-state index in [1.54, 1.807) is 6.07 Å². The van der Waals surface area contributed by atoms with Crippen molar-refractivity contribution in [1.29, 1.82) is 0 Å². The highest BCUT2D eigenvalue weighted by atomic mass is 35.5. The Morgan fingerprint density at radius 3 is 2.47 bits per heavy atom. The topological polar surface area (TPSA) is 46.2 Å². The summed E-state index contributed by atoms with van der Waals surface area (Å²) in [6.07, 6.45) is -0.0774. The van der Waals surface area contributed by atoms with Gasteiger partial charge in [0.15, 0.2) is 0 Å². The first-order valence-electron chi connectivity index (χ1n) is 5.30. The molecule has 5 heteroatoms. The number of hydrogen-bond acceptors (Lipinski definition) is 2. The molecule has 2 nitrogen and oxygen atoms in total. The van der Waals surface area contributed by atoms with E-state index in [0.717, 1.165) is 0 Å². The zero-order chi connectivity index (χ0) is 12.3. The van der Waals surface area contributed by atoms with E-state index in [2.05, 4.69) is 0 Å².